The van der Waals surface area contributed by atoms with E-state index in [9.17, 15) is 14.4 Å². The molecule has 20 heavy (non-hydrogen) atoms. The van der Waals surface area contributed by atoms with Crippen LogP contribution in [0.25, 0.3) is 0 Å². The van der Waals surface area contributed by atoms with E-state index < -0.39 is 35.3 Å². The summed E-state index contributed by atoms with van der Waals surface area (Å²) in [6.45, 7) is 3.71. The Labute approximate surface area is 117 Å². The van der Waals surface area contributed by atoms with Gasteiger partial charge in [-0.25, -0.2) is 0 Å². The first kappa shape index (κ1) is 14.8. The molecule has 6 heteroatoms. The number of esters is 3. The van der Waals surface area contributed by atoms with Crippen molar-refractivity contribution in [2.75, 3.05) is 13.2 Å². The Hall–Kier alpha value is -1.59. The summed E-state index contributed by atoms with van der Waals surface area (Å²) in [6.07, 6.45) is 2.94. The zero-order valence-electron chi connectivity index (χ0n) is 11.8. The third-order valence-corrected chi connectivity index (χ3v) is 3.99. The second-order valence-corrected chi connectivity index (χ2v) is 5.15. The van der Waals surface area contributed by atoms with E-state index in [2.05, 4.69) is 0 Å². The van der Waals surface area contributed by atoms with Crippen molar-refractivity contribution in [1.29, 1.82) is 0 Å². The number of hydrogen-bond acceptors (Lipinski definition) is 6. The van der Waals surface area contributed by atoms with E-state index in [1.807, 2.05) is 0 Å². The van der Waals surface area contributed by atoms with Gasteiger partial charge in [0.2, 0.25) is 0 Å². The van der Waals surface area contributed by atoms with Gasteiger partial charge in [0.15, 0.2) is 5.92 Å². The summed E-state index contributed by atoms with van der Waals surface area (Å²) < 4.78 is 15.4. The van der Waals surface area contributed by atoms with E-state index >= 15 is 0 Å². The summed E-state index contributed by atoms with van der Waals surface area (Å²) in [4.78, 5) is 36.2. The van der Waals surface area contributed by atoms with E-state index in [0.717, 1.165) is 12.8 Å². The lowest BCUT2D eigenvalue weighted by molar-refractivity contribution is -0.162. The molecule has 1 heterocycles. The van der Waals surface area contributed by atoms with Crippen molar-refractivity contribution >= 4 is 17.9 Å². The van der Waals surface area contributed by atoms with Gasteiger partial charge in [0, 0.05) is 0 Å². The van der Waals surface area contributed by atoms with Gasteiger partial charge in [-0.2, -0.15) is 0 Å². The lowest BCUT2D eigenvalue weighted by Crippen LogP contribution is -2.42. The van der Waals surface area contributed by atoms with Crippen molar-refractivity contribution in [3.05, 3.63) is 0 Å². The molecule has 0 unspecified atom stereocenters. The highest BCUT2D eigenvalue weighted by Gasteiger charge is 2.63. The van der Waals surface area contributed by atoms with Crippen molar-refractivity contribution in [3.63, 3.8) is 0 Å². The molecule has 112 valence electrons. The highest BCUT2D eigenvalue weighted by molar-refractivity contribution is 6.02. The molecule has 0 aromatic rings. The van der Waals surface area contributed by atoms with Crippen LogP contribution in [-0.4, -0.2) is 36.7 Å². The van der Waals surface area contributed by atoms with Crippen LogP contribution < -0.4 is 0 Å². The van der Waals surface area contributed by atoms with Crippen molar-refractivity contribution in [1.82, 2.24) is 0 Å². The maximum Gasteiger partial charge on any atom is 0.321 e. The molecule has 1 saturated heterocycles. The molecule has 2 atom stereocenters. The molecule has 6 nitrogen and oxygen atoms in total. The molecule has 0 bridgehead atoms. The second-order valence-electron chi connectivity index (χ2n) is 5.15. The van der Waals surface area contributed by atoms with Gasteiger partial charge in [-0.05, 0) is 39.5 Å². The Kier molecular flexibility index (Phi) is 4.30. The number of carbonyl (C=O) groups is 3. The highest BCUT2D eigenvalue weighted by Crippen LogP contribution is 2.48. The minimum Gasteiger partial charge on any atom is -0.466 e. The Morgan fingerprint density at radius 3 is 2.25 bits per heavy atom. The Bertz CT molecular complexity index is 410. The van der Waals surface area contributed by atoms with Gasteiger partial charge >= 0.3 is 17.9 Å². The standard InChI is InChI=1S/C14H20O6/c1-3-18-11(15)9-10(13(17)19-4-2)14(20-12(9)16)7-5-6-8-14/h9-10H,3-8H2,1-2H3/t9-,10-/m1/s1. The third kappa shape index (κ3) is 2.39. The van der Waals surface area contributed by atoms with Gasteiger partial charge in [-0.1, -0.05) is 0 Å². The fourth-order valence-electron chi connectivity index (χ4n) is 3.20. The quantitative estimate of drug-likeness (QED) is 0.438. The maximum absolute atomic E-state index is 12.2. The molecule has 0 N–H and O–H groups in total. The van der Waals surface area contributed by atoms with Crippen LogP contribution in [0.4, 0.5) is 0 Å². The van der Waals surface area contributed by atoms with Gasteiger partial charge in [0.25, 0.3) is 0 Å². The van der Waals surface area contributed by atoms with Crippen LogP contribution in [0.3, 0.4) is 0 Å². The Morgan fingerprint density at radius 2 is 1.70 bits per heavy atom. The molecule has 0 radical (unpaired) electrons. The summed E-state index contributed by atoms with van der Waals surface area (Å²) >= 11 is 0. The first-order valence-corrected chi connectivity index (χ1v) is 7.12. The summed E-state index contributed by atoms with van der Waals surface area (Å²) in [5.41, 5.74) is -0.874. The van der Waals surface area contributed by atoms with E-state index in [1.165, 1.54) is 0 Å². The topological polar surface area (TPSA) is 78.9 Å². The highest BCUT2D eigenvalue weighted by atomic mass is 16.6. The minimum atomic E-state index is -1.19. The fourth-order valence-corrected chi connectivity index (χ4v) is 3.20. The molecule has 1 aliphatic heterocycles. The number of rotatable bonds is 4. The normalized spacial score (nSPS) is 27.4. The molecule has 1 saturated carbocycles. The Balaban J connectivity index is 2.31. The SMILES string of the molecule is CCOC(=O)[C@@H]1C(=O)OC2(CCCC2)[C@H]1C(=O)OCC. The van der Waals surface area contributed by atoms with Gasteiger partial charge in [0.05, 0.1) is 13.2 Å². The van der Waals surface area contributed by atoms with Crippen molar-refractivity contribution in [3.8, 4) is 0 Å². The molecule has 0 amide bonds. The number of hydrogen-bond donors (Lipinski definition) is 0. The lowest BCUT2D eigenvalue weighted by atomic mass is 9.79. The monoisotopic (exact) mass is 284 g/mol. The third-order valence-electron chi connectivity index (χ3n) is 3.99. The zero-order valence-corrected chi connectivity index (χ0v) is 11.8. The maximum atomic E-state index is 12.2. The fraction of sp³-hybridized carbons (Fsp3) is 0.786. The molecule has 2 aliphatic rings. The molecule has 2 rings (SSSR count). The molecule has 1 aliphatic carbocycles. The summed E-state index contributed by atoms with van der Waals surface area (Å²) in [5, 5.41) is 0. The second kappa shape index (κ2) is 5.81. The van der Waals surface area contributed by atoms with Crippen molar-refractivity contribution in [2.24, 2.45) is 11.8 Å². The summed E-state index contributed by atoms with van der Waals surface area (Å²) in [7, 11) is 0. The van der Waals surface area contributed by atoms with E-state index in [1.54, 1.807) is 13.8 Å². The van der Waals surface area contributed by atoms with Gasteiger partial charge in [-0.15, -0.1) is 0 Å². The molecular weight excluding hydrogens is 264 g/mol. The summed E-state index contributed by atoms with van der Waals surface area (Å²) in [6, 6.07) is 0. The van der Waals surface area contributed by atoms with Crippen LogP contribution in [0.5, 0.6) is 0 Å². The average Bonchev–Trinajstić information content (AvgIpc) is 2.95. The van der Waals surface area contributed by atoms with Crippen LogP contribution in [0.2, 0.25) is 0 Å². The van der Waals surface area contributed by atoms with Gasteiger partial charge in [0.1, 0.15) is 11.5 Å². The minimum absolute atomic E-state index is 0.158. The van der Waals surface area contributed by atoms with Crippen LogP contribution in [0.15, 0.2) is 0 Å². The molecule has 2 fully saturated rings. The van der Waals surface area contributed by atoms with Crippen LogP contribution in [-0.2, 0) is 28.6 Å². The van der Waals surface area contributed by atoms with Gasteiger partial charge < -0.3 is 14.2 Å². The van der Waals surface area contributed by atoms with Crippen LogP contribution in [0.1, 0.15) is 39.5 Å². The first-order valence-electron chi connectivity index (χ1n) is 7.12. The van der Waals surface area contributed by atoms with E-state index in [4.69, 9.17) is 14.2 Å². The van der Waals surface area contributed by atoms with Crippen molar-refractivity contribution < 1.29 is 28.6 Å². The van der Waals surface area contributed by atoms with Crippen molar-refractivity contribution in [2.45, 2.75) is 45.1 Å². The Morgan fingerprint density at radius 1 is 1.15 bits per heavy atom. The van der Waals surface area contributed by atoms with E-state index in [-0.39, 0.29) is 13.2 Å². The molecule has 0 aromatic carbocycles. The molecular formula is C14H20O6. The average molecular weight is 284 g/mol. The predicted octanol–water partition coefficient (Wildman–Crippen LogP) is 1.21. The zero-order chi connectivity index (χ0) is 14.8. The largest absolute Gasteiger partial charge is 0.466 e. The lowest BCUT2D eigenvalue weighted by Gasteiger charge is -2.28. The summed E-state index contributed by atoms with van der Waals surface area (Å²) in [5.74, 6) is -3.97. The smallest absolute Gasteiger partial charge is 0.321 e. The van der Waals surface area contributed by atoms with Gasteiger partial charge in [-0.3, -0.25) is 14.4 Å². The van der Waals surface area contributed by atoms with Crippen LogP contribution >= 0.6 is 0 Å². The number of carbonyl (C=O) groups excluding carboxylic acids is 3. The predicted molar refractivity (Wildman–Crippen MR) is 67.5 cm³/mol. The number of ether oxygens (including phenoxy) is 3. The first-order chi connectivity index (χ1) is 9.55. The van der Waals surface area contributed by atoms with E-state index in [0.29, 0.717) is 12.8 Å². The molecule has 1 spiro atoms. The molecule has 0 aromatic heterocycles. The van der Waals surface area contributed by atoms with Crippen LogP contribution in [0, 0.1) is 11.8 Å².